The van der Waals surface area contributed by atoms with Crippen LogP contribution in [0.1, 0.15) is 11.3 Å². The minimum absolute atomic E-state index is 0.0524. The molecule has 2 aromatic rings. The number of hydrogen-bond donors (Lipinski definition) is 2. The van der Waals surface area contributed by atoms with E-state index in [1.165, 1.54) is 12.1 Å². The first kappa shape index (κ1) is 20.2. The normalized spacial score (nSPS) is 14.6. The average Bonchev–Trinajstić information content (AvgIpc) is 2.67. The molecule has 28 heavy (non-hydrogen) atoms. The topological polar surface area (TPSA) is 62.3 Å². The van der Waals surface area contributed by atoms with Crippen LogP contribution in [0.15, 0.2) is 30.3 Å². The van der Waals surface area contributed by atoms with Gasteiger partial charge in [-0.15, -0.1) is 0 Å². The number of hydrogen-bond acceptors (Lipinski definition) is 5. The second kappa shape index (κ2) is 8.65. The van der Waals surface area contributed by atoms with E-state index in [-0.39, 0.29) is 29.2 Å². The molecule has 1 aromatic heterocycles. The van der Waals surface area contributed by atoms with Gasteiger partial charge in [-0.3, -0.25) is 0 Å². The zero-order valence-electron chi connectivity index (χ0n) is 14.6. The van der Waals surface area contributed by atoms with Crippen molar-refractivity contribution in [1.29, 1.82) is 0 Å². The third-order valence-electron chi connectivity index (χ3n) is 3.93. The van der Waals surface area contributed by atoms with E-state index < -0.39 is 11.9 Å². The molecule has 0 spiro atoms. The van der Waals surface area contributed by atoms with Crippen molar-refractivity contribution in [2.24, 2.45) is 0 Å². The van der Waals surface area contributed by atoms with Gasteiger partial charge in [0.2, 0.25) is 5.95 Å². The third kappa shape index (κ3) is 5.49. The summed E-state index contributed by atoms with van der Waals surface area (Å²) >= 11 is 5.11. The van der Waals surface area contributed by atoms with Gasteiger partial charge < -0.3 is 20.3 Å². The number of rotatable bonds is 4. The zero-order valence-corrected chi connectivity index (χ0v) is 15.4. The molecule has 0 unspecified atom stereocenters. The minimum atomic E-state index is -4.62. The number of anilines is 2. The Balaban J connectivity index is 1.72. The van der Waals surface area contributed by atoms with E-state index in [0.717, 1.165) is 11.6 Å². The lowest BCUT2D eigenvalue weighted by molar-refractivity contribution is -0.141. The molecule has 1 aliphatic heterocycles. The summed E-state index contributed by atoms with van der Waals surface area (Å²) < 4.78 is 57.8. The predicted octanol–water partition coefficient (Wildman–Crippen LogP) is 2.96. The Morgan fingerprint density at radius 3 is 2.46 bits per heavy atom. The van der Waals surface area contributed by atoms with E-state index in [1.54, 1.807) is 17.0 Å². The van der Waals surface area contributed by atoms with Crippen LogP contribution in [0.2, 0.25) is 0 Å². The second-order valence-electron chi connectivity index (χ2n) is 5.97. The lowest BCUT2D eigenvalue weighted by atomic mass is 10.2. The van der Waals surface area contributed by atoms with Gasteiger partial charge in [-0.1, -0.05) is 12.1 Å². The molecule has 2 heterocycles. The van der Waals surface area contributed by atoms with Crippen molar-refractivity contribution in [1.82, 2.24) is 15.3 Å². The number of alkyl halides is 3. The lowest BCUT2D eigenvalue weighted by Gasteiger charge is -2.28. The van der Waals surface area contributed by atoms with Crippen molar-refractivity contribution in [2.45, 2.75) is 12.7 Å². The molecule has 0 radical (unpaired) electrons. The van der Waals surface area contributed by atoms with Gasteiger partial charge in [-0.05, 0) is 29.9 Å². The maximum Gasteiger partial charge on any atom is 0.433 e. The Hall–Kier alpha value is -2.53. The Morgan fingerprint density at radius 2 is 1.82 bits per heavy atom. The molecular weight excluding hydrogens is 398 g/mol. The van der Waals surface area contributed by atoms with Gasteiger partial charge in [0.25, 0.3) is 0 Å². The molecule has 150 valence electrons. The first-order valence-electron chi connectivity index (χ1n) is 8.39. The summed E-state index contributed by atoms with van der Waals surface area (Å²) in [5, 5.41) is 5.46. The van der Waals surface area contributed by atoms with E-state index in [4.69, 9.17) is 17.0 Å². The summed E-state index contributed by atoms with van der Waals surface area (Å²) in [6.45, 7) is 1.95. The third-order valence-corrected chi connectivity index (χ3v) is 4.18. The highest BCUT2D eigenvalue weighted by molar-refractivity contribution is 7.80. The Bertz CT molecular complexity index is 825. The second-order valence-corrected chi connectivity index (χ2v) is 6.37. The van der Waals surface area contributed by atoms with E-state index in [2.05, 4.69) is 20.6 Å². The molecule has 1 fully saturated rings. The first-order chi connectivity index (χ1) is 13.3. The predicted molar refractivity (Wildman–Crippen MR) is 99.5 cm³/mol. The molecule has 0 atom stereocenters. The first-order valence-corrected chi connectivity index (χ1v) is 8.80. The maximum atomic E-state index is 13.2. The molecule has 1 saturated heterocycles. The van der Waals surface area contributed by atoms with Crippen LogP contribution in [0.25, 0.3) is 0 Å². The molecule has 0 aliphatic carbocycles. The van der Waals surface area contributed by atoms with Crippen molar-refractivity contribution in [2.75, 3.05) is 36.5 Å². The van der Waals surface area contributed by atoms with Gasteiger partial charge >= 0.3 is 6.18 Å². The summed E-state index contributed by atoms with van der Waals surface area (Å²) in [6, 6.07) is 6.66. The monoisotopic (exact) mass is 415 g/mol. The van der Waals surface area contributed by atoms with E-state index in [0.29, 0.717) is 26.3 Å². The van der Waals surface area contributed by atoms with Gasteiger partial charge in [-0.2, -0.15) is 18.2 Å². The fraction of sp³-hybridized carbons (Fsp3) is 0.353. The van der Waals surface area contributed by atoms with Crippen molar-refractivity contribution < 1.29 is 22.3 Å². The molecule has 1 aromatic carbocycles. The van der Waals surface area contributed by atoms with Crippen LogP contribution >= 0.6 is 12.2 Å². The molecule has 0 bridgehead atoms. The van der Waals surface area contributed by atoms with Crippen LogP contribution in [-0.2, 0) is 17.5 Å². The lowest BCUT2D eigenvalue weighted by Crippen LogP contribution is -2.37. The molecule has 3 rings (SSSR count). The maximum absolute atomic E-state index is 13.2. The van der Waals surface area contributed by atoms with Crippen LogP contribution in [0, 0.1) is 5.82 Å². The highest BCUT2D eigenvalue weighted by Gasteiger charge is 2.34. The number of nitrogens with zero attached hydrogens (tertiary/aromatic N) is 3. The van der Waals surface area contributed by atoms with Crippen LogP contribution in [0.3, 0.4) is 0 Å². The SMILES string of the molecule is Fc1ccc(CNC(=S)Nc2nc(N3CCOCC3)cc(C(F)(F)F)n2)cc1. The van der Waals surface area contributed by atoms with Crippen LogP contribution in [-0.4, -0.2) is 41.4 Å². The van der Waals surface area contributed by atoms with Crippen LogP contribution < -0.4 is 15.5 Å². The van der Waals surface area contributed by atoms with Gasteiger partial charge in [0, 0.05) is 25.7 Å². The number of nitrogens with one attached hydrogen (secondary N) is 2. The van der Waals surface area contributed by atoms with Gasteiger partial charge in [0.15, 0.2) is 10.8 Å². The fourth-order valence-electron chi connectivity index (χ4n) is 2.52. The highest BCUT2D eigenvalue weighted by atomic mass is 32.1. The van der Waals surface area contributed by atoms with Crippen molar-refractivity contribution in [3.05, 3.63) is 47.4 Å². The number of morpholine rings is 1. The van der Waals surface area contributed by atoms with Crippen molar-refractivity contribution in [3.63, 3.8) is 0 Å². The number of thiocarbonyl (C=S) groups is 1. The van der Waals surface area contributed by atoms with Gasteiger partial charge in [-0.25, -0.2) is 9.37 Å². The molecule has 1 aliphatic rings. The molecule has 6 nitrogen and oxygen atoms in total. The van der Waals surface area contributed by atoms with E-state index >= 15 is 0 Å². The summed E-state index contributed by atoms with van der Waals surface area (Å²) in [6.07, 6.45) is -4.62. The fourth-order valence-corrected chi connectivity index (χ4v) is 2.68. The quantitative estimate of drug-likeness (QED) is 0.588. The number of halogens is 4. The largest absolute Gasteiger partial charge is 0.433 e. The number of benzene rings is 1. The standard InChI is InChI=1S/C17H17F4N5OS/c18-12-3-1-11(2-4-12)10-22-16(28)25-15-23-13(17(19,20)21)9-14(24-15)26-5-7-27-8-6-26/h1-4,9H,5-8,10H2,(H2,22,23,24,25,28). The zero-order chi connectivity index (χ0) is 20.1. The summed E-state index contributed by atoms with van der Waals surface area (Å²) in [5.74, 6) is -0.472. The van der Waals surface area contributed by atoms with Crippen LogP contribution in [0.4, 0.5) is 29.3 Å². The Labute approximate surface area is 163 Å². The summed E-state index contributed by atoms with van der Waals surface area (Å²) in [4.78, 5) is 9.37. The van der Waals surface area contributed by atoms with Crippen LogP contribution in [0.5, 0.6) is 0 Å². The average molecular weight is 415 g/mol. The minimum Gasteiger partial charge on any atom is -0.378 e. The van der Waals surface area contributed by atoms with Gasteiger partial charge in [0.05, 0.1) is 13.2 Å². The molecule has 0 amide bonds. The molecule has 11 heteroatoms. The Kier molecular flexibility index (Phi) is 6.25. The van der Waals surface area contributed by atoms with Gasteiger partial charge in [0.1, 0.15) is 11.6 Å². The molecule has 2 N–H and O–H groups in total. The molecule has 0 saturated carbocycles. The molecular formula is C17H17F4N5OS. The number of ether oxygens (including phenoxy) is 1. The number of aromatic nitrogens is 2. The van der Waals surface area contributed by atoms with Crippen molar-refractivity contribution >= 4 is 29.1 Å². The van der Waals surface area contributed by atoms with E-state index in [9.17, 15) is 17.6 Å². The summed E-state index contributed by atoms with van der Waals surface area (Å²) in [7, 11) is 0. The highest BCUT2D eigenvalue weighted by Crippen LogP contribution is 2.30. The summed E-state index contributed by atoms with van der Waals surface area (Å²) in [5.41, 5.74) is -0.308. The Morgan fingerprint density at radius 1 is 1.14 bits per heavy atom. The van der Waals surface area contributed by atoms with E-state index in [1.807, 2.05) is 0 Å². The van der Waals surface area contributed by atoms with Crippen molar-refractivity contribution in [3.8, 4) is 0 Å². The smallest absolute Gasteiger partial charge is 0.378 e.